The summed E-state index contributed by atoms with van der Waals surface area (Å²) in [7, 11) is 0. The van der Waals surface area contributed by atoms with Gasteiger partial charge in [-0.25, -0.2) is 4.79 Å². The fourth-order valence-corrected chi connectivity index (χ4v) is 1.66. The minimum atomic E-state index is -5.10. The van der Waals surface area contributed by atoms with E-state index >= 15 is 0 Å². The van der Waals surface area contributed by atoms with E-state index in [1.54, 1.807) is 0 Å². The predicted molar refractivity (Wildman–Crippen MR) is 65.5 cm³/mol. The summed E-state index contributed by atoms with van der Waals surface area (Å²) in [5, 5.41) is 13.1. The minimum absolute atomic E-state index is 0.138. The molecular formula is C12H14F6N2O3. The van der Waals surface area contributed by atoms with Crippen LogP contribution in [0.1, 0.15) is 17.9 Å². The fourth-order valence-electron chi connectivity index (χ4n) is 1.66. The third-order valence-electron chi connectivity index (χ3n) is 2.84. The fraction of sp³-hybridized carbons (Fsp3) is 0.583. The molecule has 1 atom stereocenters. The molecule has 1 aromatic rings. The lowest BCUT2D eigenvalue weighted by atomic mass is 9.96. The Kier molecular flexibility index (Phi) is 5.56. The third-order valence-corrected chi connectivity index (χ3v) is 2.84. The van der Waals surface area contributed by atoms with Gasteiger partial charge in [0.05, 0.1) is 0 Å². The van der Waals surface area contributed by atoms with Gasteiger partial charge in [0.1, 0.15) is 18.1 Å². The van der Waals surface area contributed by atoms with Crippen LogP contribution in [-0.2, 0) is 5.60 Å². The van der Waals surface area contributed by atoms with E-state index in [-0.39, 0.29) is 5.76 Å². The predicted octanol–water partition coefficient (Wildman–Crippen LogP) is 2.59. The number of rotatable bonds is 5. The van der Waals surface area contributed by atoms with Gasteiger partial charge in [-0.3, -0.25) is 0 Å². The number of aliphatic hydroxyl groups is 1. The van der Waals surface area contributed by atoms with Crippen LogP contribution in [0.25, 0.3) is 0 Å². The smallest absolute Gasteiger partial charge is 0.424 e. The molecule has 0 bridgehead atoms. The summed E-state index contributed by atoms with van der Waals surface area (Å²) in [4.78, 5) is 11.1. The van der Waals surface area contributed by atoms with E-state index in [1.807, 2.05) is 5.32 Å². The number of carbonyl (C=O) groups excluding carboxylic acids is 1. The lowest BCUT2D eigenvalue weighted by Gasteiger charge is -2.28. The van der Waals surface area contributed by atoms with Crippen LogP contribution in [0.5, 0.6) is 0 Å². The van der Waals surface area contributed by atoms with Crippen molar-refractivity contribution in [2.45, 2.75) is 31.3 Å². The molecule has 1 aromatic heterocycles. The quantitative estimate of drug-likeness (QED) is 0.716. The number of amides is 2. The second kappa shape index (κ2) is 6.69. The molecule has 0 aliphatic heterocycles. The molecule has 0 radical (unpaired) electrons. The van der Waals surface area contributed by atoms with Crippen molar-refractivity contribution < 1.29 is 40.7 Å². The van der Waals surface area contributed by atoms with Crippen LogP contribution >= 0.6 is 0 Å². The first-order chi connectivity index (χ1) is 10.3. The number of aryl methyl sites for hydroxylation is 1. The molecule has 0 aromatic carbocycles. The Morgan fingerprint density at radius 3 is 2.22 bits per heavy atom. The van der Waals surface area contributed by atoms with Gasteiger partial charge in [-0.1, -0.05) is 0 Å². The average molecular weight is 348 g/mol. The normalized spacial score (nSPS) is 15.1. The van der Waals surface area contributed by atoms with Crippen LogP contribution in [0.4, 0.5) is 31.1 Å². The highest BCUT2D eigenvalue weighted by Gasteiger charge is 2.56. The summed E-state index contributed by atoms with van der Waals surface area (Å²) in [6.45, 7) is -0.970. The van der Waals surface area contributed by atoms with Crippen molar-refractivity contribution in [2.24, 2.45) is 0 Å². The minimum Gasteiger partial charge on any atom is -0.463 e. The van der Waals surface area contributed by atoms with Gasteiger partial charge in [0.2, 0.25) is 5.60 Å². The molecule has 11 heteroatoms. The van der Waals surface area contributed by atoms with Crippen LogP contribution in [-0.4, -0.2) is 36.6 Å². The number of hydrogen-bond acceptors (Lipinski definition) is 3. The van der Waals surface area contributed by atoms with Crippen molar-refractivity contribution in [2.75, 3.05) is 13.1 Å². The monoisotopic (exact) mass is 348 g/mol. The molecule has 0 fully saturated rings. The van der Waals surface area contributed by atoms with Crippen LogP contribution in [0.3, 0.4) is 0 Å². The van der Waals surface area contributed by atoms with Crippen molar-refractivity contribution >= 4 is 6.03 Å². The Balaban J connectivity index is 2.65. The SMILES string of the molecule is Cc1ccc([C@@](O)(CCNC(=O)NCC(F)(F)F)C(F)(F)F)o1. The molecule has 3 N–H and O–H groups in total. The van der Waals surface area contributed by atoms with Gasteiger partial charge < -0.3 is 20.2 Å². The molecular weight excluding hydrogens is 334 g/mol. The molecule has 1 rings (SSSR count). The van der Waals surface area contributed by atoms with Crippen molar-refractivity contribution in [1.82, 2.24) is 10.6 Å². The van der Waals surface area contributed by atoms with E-state index < -0.39 is 49.3 Å². The van der Waals surface area contributed by atoms with Gasteiger partial charge in [0, 0.05) is 13.0 Å². The number of hydrogen-bond donors (Lipinski definition) is 3. The van der Waals surface area contributed by atoms with E-state index in [2.05, 4.69) is 0 Å². The summed E-state index contributed by atoms with van der Waals surface area (Å²) in [6, 6.07) is 0.852. The maximum absolute atomic E-state index is 13.0. The van der Waals surface area contributed by atoms with Crippen LogP contribution in [0.2, 0.25) is 0 Å². The Morgan fingerprint density at radius 2 is 1.78 bits per heavy atom. The van der Waals surface area contributed by atoms with Gasteiger partial charge in [-0.15, -0.1) is 0 Å². The lowest BCUT2D eigenvalue weighted by Crippen LogP contribution is -2.46. The zero-order valence-electron chi connectivity index (χ0n) is 11.8. The Hall–Kier alpha value is -1.91. The molecule has 132 valence electrons. The molecule has 1 heterocycles. The summed E-state index contributed by atoms with van der Waals surface area (Å²) >= 11 is 0. The van der Waals surface area contributed by atoms with Gasteiger partial charge in [0.25, 0.3) is 0 Å². The molecule has 2 amide bonds. The van der Waals surface area contributed by atoms with Crippen molar-refractivity contribution in [1.29, 1.82) is 0 Å². The number of halogens is 6. The van der Waals surface area contributed by atoms with Gasteiger partial charge in [-0.05, 0) is 19.1 Å². The number of urea groups is 1. The summed E-state index contributed by atoms with van der Waals surface area (Å²) in [5.74, 6) is -0.626. The highest BCUT2D eigenvalue weighted by molar-refractivity contribution is 5.73. The van der Waals surface area contributed by atoms with E-state index in [0.29, 0.717) is 0 Å². The Labute approximate surface area is 126 Å². The first-order valence-corrected chi connectivity index (χ1v) is 6.29. The molecule has 0 saturated carbocycles. The lowest BCUT2D eigenvalue weighted by molar-refractivity contribution is -0.274. The van der Waals surface area contributed by atoms with Crippen LogP contribution in [0.15, 0.2) is 16.5 Å². The zero-order valence-corrected chi connectivity index (χ0v) is 11.8. The molecule has 0 unspecified atom stereocenters. The van der Waals surface area contributed by atoms with Crippen LogP contribution < -0.4 is 10.6 Å². The maximum Gasteiger partial charge on any atom is 0.424 e. The highest BCUT2D eigenvalue weighted by atomic mass is 19.4. The third kappa shape index (κ3) is 5.34. The number of carbonyl (C=O) groups is 1. The summed E-state index contributed by atoms with van der Waals surface area (Å²) in [5.41, 5.74) is -3.36. The second-order valence-corrected chi connectivity index (χ2v) is 4.74. The van der Waals surface area contributed by atoms with Gasteiger partial charge in [0.15, 0.2) is 0 Å². The first-order valence-electron chi connectivity index (χ1n) is 6.29. The number of furan rings is 1. The number of nitrogens with one attached hydrogen (secondary N) is 2. The zero-order chi connectivity index (χ0) is 17.9. The van der Waals surface area contributed by atoms with Crippen molar-refractivity contribution in [3.8, 4) is 0 Å². The molecule has 0 spiro atoms. The van der Waals surface area contributed by atoms with E-state index in [0.717, 1.165) is 6.07 Å². The molecule has 23 heavy (non-hydrogen) atoms. The first kappa shape index (κ1) is 19.1. The molecule has 0 aliphatic rings. The number of alkyl halides is 6. The summed E-state index contributed by atoms with van der Waals surface area (Å²) < 4.78 is 79.5. The maximum atomic E-state index is 13.0. The van der Waals surface area contributed by atoms with E-state index in [4.69, 9.17) is 4.42 Å². The van der Waals surface area contributed by atoms with Crippen LogP contribution in [0, 0.1) is 6.92 Å². The van der Waals surface area contributed by atoms with Crippen molar-refractivity contribution in [3.05, 3.63) is 23.7 Å². The highest BCUT2D eigenvalue weighted by Crippen LogP contribution is 2.41. The molecule has 5 nitrogen and oxygen atoms in total. The van der Waals surface area contributed by atoms with Gasteiger partial charge in [-0.2, -0.15) is 26.3 Å². The Bertz CT molecular complexity index is 540. The standard InChI is InChI=1S/C12H14F6N2O3/c1-7-2-3-8(23-7)10(22,12(16,17)18)4-5-19-9(21)20-6-11(13,14)15/h2-3,22H,4-6H2,1H3,(H2,19,20,21)/t10-/m0/s1. The second-order valence-electron chi connectivity index (χ2n) is 4.74. The van der Waals surface area contributed by atoms with Crippen molar-refractivity contribution in [3.63, 3.8) is 0 Å². The Morgan fingerprint density at radius 1 is 1.17 bits per heavy atom. The topological polar surface area (TPSA) is 74.5 Å². The average Bonchev–Trinajstić information content (AvgIpc) is 2.81. The molecule has 0 saturated heterocycles. The van der Waals surface area contributed by atoms with E-state index in [1.165, 1.54) is 18.3 Å². The largest absolute Gasteiger partial charge is 0.463 e. The summed E-state index contributed by atoms with van der Waals surface area (Å²) in [6.07, 6.45) is -10.8. The van der Waals surface area contributed by atoms with E-state index in [9.17, 15) is 36.2 Å². The molecule has 0 aliphatic carbocycles. The van der Waals surface area contributed by atoms with Gasteiger partial charge >= 0.3 is 18.4 Å².